The Bertz CT molecular complexity index is 600. The fourth-order valence-corrected chi connectivity index (χ4v) is 4.09. The number of nitrogens with one attached hydrogen (secondary N) is 1. The number of benzene rings is 1. The number of aryl methyl sites for hydroxylation is 1. The third-order valence-electron chi connectivity index (χ3n) is 3.26. The Labute approximate surface area is 136 Å². The number of sulfonamides is 1. The number of hydrogen-bond donors (Lipinski definition) is 2. The number of anilines is 1. The van der Waals surface area contributed by atoms with E-state index in [1.54, 1.807) is 13.0 Å². The van der Waals surface area contributed by atoms with Crippen molar-refractivity contribution < 1.29 is 8.42 Å². The van der Waals surface area contributed by atoms with Crippen LogP contribution in [-0.4, -0.2) is 40.0 Å². The molecule has 0 aliphatic heterocycles. The average Bonchev–Trinajstić information content (AvgIpc) is 2.31. The maximum atomic E-state index is 12.6. The first-order valence-electron chi connectivity index (χ1n) is 6.77. The second kappa shape index (κ2) is 7.09. The van der Waals surface area contributed by atoms with Gasteiger partial charge in [-0.15, -0.1) is 0 Å². The highest BCUT2D eigenvalue weighted by atomic mass is 79.9. The maximum absolute atomic E-state index is 12.6. The molecule has 1 atom stereocenters. The van der Waals surface area contributed by atoms with E-state index in [1.807, 2.05) is 32.8 Å². The summed E-state index contributed by atoms with van der Waals surface area (Å²) >= 11 is 3.31. The Kier molecular flexibility index (Phi) is 6.22. The lowest BCUT2D eigenvalue weighted by Gasteiger charge is -2.25. The molecule has 0 aliphatic carbocycles. The third-order valence-corrected chi connectivity index (χ3v) is 5.58. The van der Waals surface area contributed by atoms with E-state index in [4.69, 9.17) is 5.73 Å². The van der Waals surface area contributed by atoms with Crippen molar-refractivity contribution in [3.05, 3.63) is 22.2 Å². The molecule has 0 heterocycles. The molecule has 0 aromatic heterocycles. The van der Waals surface area contributed by atoms with Crippen LogP contribution in [0.1, 0.15) is 19.4 Å². The van der Waals surface area contributed by atoms with Crippen molar-refractivity contribution in [2.45, 2.75) is 31.7 Å². The predicted octanol–water partition coefficient (Wildman–Crippen LogP) is 2.20. The largest absolute Gasteiger partial charge is 0.398 e. The van der Waals surface area contributed by atoms with E-state index in [1.165, 1.54) is 6.07 Å². The van der Waals surface area contributed by atoms with Crippen molar-refractivity contribution in [2.75, 3.05) is 26.4 Å². The Morgan fingerprint density at radius 3 is 2.38 bits per heavy atom. The molecule has 1 unspecified atom stereocenters. The second-order valence-corrected chi connectivity index (χ2v) is 8.41. The lowest BCUT2D eigenvalue weighted by atomic mass is 10.1. The van der Waals surface area contributed by atoms with Gasteiger partial charge in [0, 0.05) is 22.7 Å². The van der Waals surface area contributed by atoms with Crippen LogP contribution in [0.15, 0.2) is 21.5 Å². The Hall–Kier alpha value is -0.630. The van der Waals surface area contributed by atoms with Gasteiger partial charge >= 0.3 is 0 Å². The summed E-state index contributed by atoms with van der Waals surface area (Å²) in [6.45, 7) is 6.40. The molecule has 0 radical (unpaired) electrons. The van der Waals surface area contributed by atoms with Gasteiger partial charge in [-0.25, -0.2) is 13.1 Å². The van der Waals surface area contributed by atoms with Gasteiger partial charge in [-0.2, -0.15) is 0 Å². The van der Waals surface area contributed by atoms with Crippen molar-refractivity contribution in [1.82, 2.24) is 9.62 Å². The van der Waals surface area contributed by atoms with Gasteiger partial charge in [0.25, 0.3) is 0 Å². The monoisotopic (exact) mass is 377 g/mol. The molecule has 1 aromatic rings. The quantitative estimate of drug-likeness (QED) is 0.745. The van der Waals surface area contributed by atoms with E-state index in [2.05, 4.69) is 20.7 Å². The van der Waals surface area contributed by atoms with Gasteiger partial charge in [0.1, 0.15) is 0 Å². The van der Waals surface area contributed by atoms with Gasteiger partial charge in [0.2, 0.25) is 10.0 Å². The minimum atomic E-state index is -3.60. The maximum Gasteiger partial charge on any atom is 0.241 e. The molecule has 1 rings (SSSR count). The zero-order valence-corrected chi connectivity index (χ0v) is 15.5. The highest BCUT2D eigenvalue weighted by Crippen LogP contribution is 2.27. The molecule has 0 aliphatic rings. The van der Waals surface area contributed by atoms with E-state index in [0.29, 0.717) is 22.3 Å². The number of nitrogens with two attached hydrogens (primary N) is 1. The molecule has 0 spiro atoms. The first-order chi connectivity index (χ1) is 9.54. The van der Waals surface area contributed by atoms with E-state index < -0.39 is 10.0 Å². The highest BCUT2D eigenvalue weighted by Gasteiger charge is 2.25. The molecule has 7 heteroatoms. The van der Waals surface area contributed by atoms with Crippen LogP contribution in [0.3, 0.4) is 0 Å². The summed E-state index contributed by atoms with van der Waals surface area (Å²) < 4.78 is 28.7. The average molecular weight is 378 g/mol. The van der Waals surface area contributed by atoms with Crippen LogP contribution in [0.25, 0.3) is 0 Å². The zero-order valence-electron chi connectivity index (χ0n) is 13.1. The van der Waals surface area contributed by atoms with Crippen LogP contribution >= 0.6 is 15.9 Å². The van der Waals surface area contributed by atoms with Crippen LogP contribution in [0, 0.1) is 12.8 Å². The van der Waals surface area contributed by atoms with Crippen molar-refractivity contribution in [2.24, 2.45) is 5.92 Å². The molecule has 0 fully saturated rings. The predicted molar refractivity (Wildman–Crippen MR) is 90.8 cm³/mol. The lowest BCUT2D eigenvalue weighted by molar-refractivity contribution is 0.314. The van der Waals surface area contributed by atoms with Crippen molar-refractivity contribution in [1.29, 1.82) is 0 Å². The molecule has 21 heavy (non-hydrogen) atoms. The molecule has 0 saturated heterocycles. The summed E-state index contributed by atoms with van der Waals surface area (Å²) in [6, 6.07) is 3.06. The molecule has 3 N–H and O–H groups in total. The number of hydrogen-bond acceptors (Lipinski definition) is 4. The van der Waals surface area contributed by atoms with Gasteiger partial charge in [-0.1, -0.05) is 13.8 Å². The lowest BCUT2D eigenvalue weighted by Crippen LogP contribution is -2.45. The smallest absolute Gasteiger partial charge is 0.241 e. The normalized spacial score (nSPS) is 13.9. The van der Waals surface area contributed by atoms with Crippen molar-refractivity contribution >= 4 is 31.6 Å². The molecular formula is C14H24BrN3O2S. The molecule has 5 nitrogen and oxygen atoms in total. The summed E-state index contributed by atoms with van der Waals surface area (Å²) in [6.07, 6.45) is 0. The van der Waals surface area contributed by atoms with Gasteiger partial charge < -0.3 is 10.6 Å². The summed E-state index contributed by atoms with van der Waals surface area (Å²) in [5.74, 6) is 0.190. The minimum absolute atomic E-state index is 0.158. The third kappa shape index (κ3) is 4.95. The van der Waals surface area contributed by atoms with Gasteiger partial charge in [0.15, 0.2) is 0 Å². The number of likely N-dealkylation sites (N-methyl/N-ethyl adjacent to an activating group) is 1. The fourth-order valence-electron chi connectivity index (χ4n) is 2.00. The molecule has 0 saturated carbocycles. The standard InChI is InChI=1S/C14H24BrN3O2S/c1-9(2)13(8-18(4)5)17-21(19,20)14-7-12(16)11(15)6-10(14)3/h6-7,9,13,17H,8,16H2,1-5H3. The zero-order chi connectivity index (χ0) is 16.4. The molecule has 0 amide bonds. The molecule has 0 bridgehead atoms. The Morgan fingerprint density at radius 2 is 1.90 bits per heavy atom. The highest BCUT2D eigenvalue weighted by molar-refractivity contribution is 9.10. The molecular weight excluding hydrogens is 354 g/mol. The van der Waals surface area contributed by atoms with Crippen molar-refractivity contribution in [3.8, 4) is 0 Å². The van der Waals surface area contributed by atoms with Crippen LogP contribution in [0.2, 0.25) is 0 Å². The van der Waals surface area contributed by atoms with Crippen LogP contribution in [0.4, 0.5) is 5.69 Å². The first-order valence-corrected chi connectivity index (χ1v) is 9.05. The second-order valence-electron chi connectivity index (χ2n) is 5.87. The number of halogens is 1. The van der Waals surface area contributed by atoms with Crippen molar-refractivity contribution in [3.63, 3.8) is 0 Å². The number of nitrogens with zero attached hydrogens (tertiary/aromatic N) is 1. The Morgan fingerprint density at radius 1 is 1.33 bits per heavy atom. The minimum Gasteiger partial charge on any atom is -0.398 e. The molecule has 120 valence electrons. The number of nitrogen functional groups attached to an aromatic ring is 1. The van der Waals surface area contributed by atoms with E-state index in [9.17, 15) is 8.42 Å². The summed E-state index contributed by atoms with van der Waals surface area (Å²) in [5, 5.41) is 0. The molecule has 1 aromatic carbocycles. The Balaban J connectivity index is 3.13. The van der Waals surface area contributed by atoms with Gasteiger partial charge in [-0.3, -0.25) is 0 Å². The van der Waals surface area contributed by atoms with Gasteiger partial charge in [-0.05, 0) is 60.6 Å². The number of rotatable bonds is 6. The summed E-state index contributed by atoms with van der Waals surface area (Å²) in [4.78, 5) is 2.20. The first kappa shape index (κ1) is 18.4. The van der Waals surface area contributed by atoms with E-state index >= 15 is 0 Å². The summed E-state index contributed by atoms with van der Waals surface area (Å²) in [5.41, 5.74) is 6.88. The van der Waals surface area contributed by atoms with E-state index in [0.717, 1.165) is 0 Å². The van der Waals surface area contributed by atoms with Crippen LogP contribution in [0.5, 0.6) is 0 Å². The summed E-state index contributed by atoms with van der Waals surface area (Å²) in [7, 11) is 0.249. The SMILES string of the molecule is Cc1cc(Br)c(N)cc1S(=O)(=O)NC(CN(C)C)C(C)C. The topological polar surface area (TPSA) is 75.4 Å². The van der Waals surface area contributed by atoms with Gasteiger partial charge in [0.05, 0.1) is 4.90 Å². The van der Waals surface area contributed by atoms with Crippen LogP contribution in [-0.2, 0) is 10.0 Å². The fraction of sp³-hybridized carbons (Fsp3) is 0.571. The van der Waals surface area contributed by atoms with Crippen LogP contribution < -0.4 is 10.5 Å². The van der Waals surface area contributed by atoms with E-state index in [-0.39, 0.29) is 16.9 Å².